The summed E-state index contributed by atoms with van der Waals surface area (Å²) in [6.07, 6.45) is 0. The van der Waals surface area contributed by atoms with E-state index in [2.05, 4.69) is 22.5 Å². The van der Waals surface area contributed by atoms with Crippen LogP contribution >= 0.6 is 24.3 Å². The van der Waals surface area contributed by atoms with Crippen LogP contribution in [0.3, 0.4) is 0 Å². The van der Waals surface area contributed by atoms with Crippen molar-refractivity contribution in [3.63, 3.8) is 0 Å². The fourth-order valence-electron chi connectivity index (χ4n) is 0.913. The number of nitrogens with zero attached hydrogens (tertiary/aromatic N) is 3. The molecule has 0 aromatic rings. The fraction of sp³-hybridized carbons (Fsp3) is 0.200. The van der Waals surface area contributed by atoms with Gasteiger partial charge in [-0.05, 0) is 16.3 Å². The van der Waals surface area contributed by atoms with Gasteiger partial charge in [-0.1, -0.05) is 17.8 Å². The molecule has 0 bridgehead atoms. The lowest BCUT2D eigenvalue weighted by Gasteiger charge is -2.36. The first kappa shape index (κ1) is 13.3. The van der Waals surface area contributed by atoms with E-state index in [0.717, 1.165) is 7.11 Å². The van der Waals surface area contributed by atoms with E-state index in [-0.39, 0.29) is 0 Å². The van der Waals surface area contributed by atoms with Crippen molar-refractivity contribution in [3.05, 3.63) is 24.8 Å². The summed E-state index contributed by atoms with van der Waals surface area (Å²) >= 11 is 0. The summed E-state index contributed by atoms with van der Waals surface area (Å²) in [5.41, 5.74) is 0. The Hall–Kier alpha value is 0.240. The molecule has 0 radical (unpaired) electrons. The highest BCUT2D eigenvalue weighted by atomic mass is 31.3. The van der Waals surface area contributed by atoms with Gasteiger partial charge in [0.2, 0.25) is 0 Å². The van der Waals surface area contributed by atoms with Crippen LogP contribution in [0.2, 0.25) is 0 Å². The Bertz CT molecular complexity index is 316. The minimum absolute atomic E-state index is 0.556. The minimum atomic E-state index is -3.01. The topological polar surface area (TPSA) is 28.1 Å². The van der Waals surface area contributed by atoms with E-state index in [4.69, 9.17) is 0 Å². The van der Waals surface area contributed by atoms with Gasteiger partial charge >= 0.3 is 17.1 Å². The molecule has 0 N–H and O–H groups in total. The summed E-state index contributed by atoms with van der Waals surface area (Å²) < 4.78 is 43.1. The molecule has 0 aliphatic carbocycles. The SMILES string of the molecule is C=CP1(C=C)=NP(F)N(F)P(F)N1OC. The lowest BCUT2D eigenvalue weighted by molar-refractivity contribution is 0.0208. The first-order valence-corrected chi connectivity index (χ1v) is 7.74. The molecule has 0 fully saturated rings. The van der Waals surface area contributed by atoms with E-state index < -0.39 is 28.9 Å². The molecule has 1 heterocycles. The average molecular weight is 277 g/mol. The molecular weight excluding hydrogens is 268 g/mol. The maximum atomic E-state index is 13.4. The molecule has 0 aromatic heterocycles. The van der Waals surface area contributed by atoms with Gasteiger partial charge in [-0.2, -0.15) is 8.39 Å². The Labute approximate surface area is 88.3 Å². The highest BCUT2D eigenvalue weighted by Crippen LogP contribution is 2.79. The Kier molecular flexibility index (Phi) is 4.48. The molecule has 0 spiro atoms. The second kappa shape index (κ2) is 5.05. The summed E-state index contributed by atoms with van der Waals surface area (Å²) in [5, 5.41) is 0. The molecular formula is C5H9F3N3OP3. The van der Waals surface area contributed by atoms with Gasteiger partial charge in [0.15, 0.2) is 0 Å². The van der Waals surface area contributed by atoms with Crippen LogP contribution in [-0.4, -0.2) is 16.4 Å². The molecule has 2 unspecified atom stereocenters. The molecule has 10 heteroatoms. The molecule has 0 saturated carbocycles. The Balaban J connectivity index is 3.27. The zero-order valence-corrected chi connectivity index (χ0v) is 10.5. The van der Waals surface area contributed by atoms with Gasteiger partial charge in [0.05, 0.1) is 7.11 Å². The van der Waals surface area contributed by atoms with Crippen molar-refractivity contribution in [2.24, 2.45) is 4.52 Å². The summed E-state index contributed by atoms with van der Waals surface area (Å²) in [6, 6.07) is 0. The smallest absolute Gasteiger partial charge is 0.289 e. The van der Waals surface area contributed by atoms with Crippen LogP contribution in [-0.2, 0) is 4.84 Å². The van der Waals surface area contributed by atoms with Crippen molar-refractivity contribution in [3.8, 4) is 0 Å². The van der Waals surface area contributed by atoms with E-state index in [0.29, 0.717) is 4.60 Å². The normalized spacial score (nSPS) is 32.0. The molecule has 0 amide bonds. The van der Waals surface area contributed by atoms with E-state index in [1.807, 2.05) is 0 Å². The molecule has 4 nitrogen and oxygen atoms in total. The van der Waals surface area contributed by atoms with Crippen LogP contribution in [0.15, 0.2) is 29.3 Å². The van der Waals surface area contributed by atoms with Crippen LogP contribution in [0.4, 0.5) is 12.9 Å². The van der Waals surface area contributed by atoms with Crippen LogP contribution < -0.4 is 0 Å². The third-order valence-corrected chi connectivity index (χ3v) is 8.31. The van der Waals surface area contributed by atoms with Crippen LogP contribution in [0, 0.1) is 0 Å². The fourth-order valence-corrected chi connectivity index (χ4v) is 7.07. The largest absolute Gasteiger partial charge is 0.321 e. The summed E-state index contributed by atoms with van der Waals surface area (Å²) in [6.45, 7) is 6.86. The molecule has 0 aromatic carbocycles. The molecule has 15 heavy (non-hydrogen) atoms. The van der Waals surface area contributed by atoms with Gasteiger partial charge in [-0.3, -0.25) is 4.84 Å². The zero-order valence-electron chi connectivity index (χ0n) is 7.79. The van der Waals surface area contributed by atoms with Crippen molar-refractivity contribution in [2.45, 2.75) is 0 Å². The second-order valence-electron chi connectivity index (χ2n) is 2.31. The van der Waals surface area contributed by atoms with Gasteiger partial charge < -0.3 is 0 Å². The predicted octanol–water partition coefficient (Wildman–Crippen LogP) is 4.85. The summed E-state index contributed by atoms with van der Waals surface area (Å²) in [5.74, 6) is 2.50. The number of rotatable bonds is 3. The van der Waals surface area contributed by atoms with Gasteiger partial charge in [-0.15, -0.1) is 4.48 Å². The molecule has 2 atom stereocenters. The van der Waals surface area contributed by atoms with Crippen molar-refractivity contribution in [2.75, 3.05) is 7.11 Å². The lowest BCUT2D eigenvalue weighted by atomic mass is 11.2. The molecule has 0 saturated heterocycles. The van der Waals surface area contributed by atoms with Crippen molar-refractivity contribution < 1.29 is 17.7 Å². The Morgan fingerprint density at radius 3 is 2.33 bits per heavy atom. The standard InChI is InChI=1S/C5H9F3N3OP3/c1-4-15(5-2)9-13(7)10(6)14(8)11(15)12-3/h4-5H,1-2H2,3H3. The number of hydrogen-bond acceptors (Lipinski definition) is 4. The molecule has 1 aliphatic heterocycles. The van der Waals surface area contributed by atoms with Crippen molar-refractivity contribution in [1.82, 2.24) is 9.27 Å². The number of hydrogen-bond donors (Lipinski definition) is 0. The first-order valence-electron chi connectivity index (χ1n) is 3.63. The van der Waals surface area contributed by atoms with E-state index >= 15 is 0 Å². The summed E-state index contributed by atoms with van der Waals surface area (Å²) in [7, 11) is -7.67. The van der Waals surface area contributed by atoms with Crippen LogP contribution in [0.5, 0.6) is 0 Å². The first-order chi connectivity index (χ1) is 7.02. The highest BCUT2D eigenvalue weighted by Gasteiger charge is 2.46. The van der Waals surface area contributed by atoms with Crippen molar-refractivity contribution in [1.29, 1.82) is 0 Å². The highest BCUT2D eigenvalue weighted by molar-refractivity contribution is 7.84. The van der Waals surface area contributed by atoms with Gasteiger partial charge in [0.1, 0.15) is 7.21 Å². The van der Waals surface area contributed by atoms with Gasteiger partial charge in [0, 0.05) is 0 Å². The van der Waals surface area contributed by atoms with Gasteiger partial charge in [-0.25, -0.2) is 4.52 Å². The molecule has 1 aliphatic rings. The van der Waals surface area contributed by atoms with E-state index in [1.165, 1.54) is 11.6 Å². The summed E-state index contributed by atoms with van der Waals surface area (Å²) in [4.78, 5) is 4.68. The maximum Gasteiger partial charge on any atom is 0.321 e. The number of halogens is 3. The third-order valence-electron chi connectivity index (χ3n) is 1.61. The monoisotopic (exact) mass is 277 g/mol. The Morgan fingerprint density at radius 1 is 1.40 bits per heavy atom. The van der Waals surface area contributed by atoms with E-state index in [9.17, 15) is 12.9 Å². The lowest BCUT2D eigenvalue weighted by Crippen LogP contribution is -2.18. The molecule has 1 rings (SSSR count). The predicted molar refractivity (Wildman–Crippen MR) is 57.6 cm³/mol. The van der Waals surface area contributed by atoms with E-state index in [1.54, 1.807) is 0 Å². The zero-order chi connectivity index (χ0) is 11.6. The average Bonchev–Trinajstić information content (AvgIpc) is 2.25. The maximum absolute atomic E-state index is 13.4. The van der Waals surface area contributed by atoms with Crippen LogP contribution in [0.25, 0.3) is 0 Å². The minimum Gasteiger partial charge on any atom is -0.289 e. The third kappa shape index (κ3) is 2.19. The quantitative estimate of drug-likeness (QED) is 0.545. The second-order valence-corrected chi connectivity index (χ2v) is 8.18. The Morgan fingerprint density at radius 2 is 1.93 bits per heavy atom. The molecule has 86 valence electrons. The van der Waals surface area contributed by atoms with Gasteiger partial charge in [0.25, 0.3) is 0 Å². The van der Waals surface area contributed by atoms with Crippen LogP contribution in [0.1, 0.15) is 0 Å². The van der Waals surface area contributed by atoms with Crippen molar-refractivity contribution >= 4 is 24.3 Å².